The number of ether oxygens (including phenoxy) is 2. The lowest BCUT2D eigenvalue weighted by molar-refractivity contribution is -0.384. The van der Waals surface area contributed by atoms with Crippen molar-refractivity contribution in [1.82, 2.24) is 0 Å². The van der Waals surface area contributed by atoms with Crippen LogP contribution in [0.15, 0.2) is 107 Å². The fourth-order valence-electron chi connectivity index (χ4n) is 5.11. The molecular formula is C37H41ClN2O7S. The Morgan fingerprint density at radius 2 is 1.40 bits per heavy atom. The van der Waals surface area contributed by atoms with Crippen LogP contribution in [0.25, 0.3) is 0 Å². The van der Waals surface area contributed by atoms with Crippen LogP contribution in [-0.2, 0) is 21.2 Å². The molecule has 0 aliphatic carbocycles. The van der Waals surface area contributed by atoms with Crippen molar-refractivity contribution in [2.75, 3.05) is 5.32 Å². The van der Waals surface area contributed by atoms with Crippen molar-refractivity contribution in [2.45, 2.75) is 87.2 Å². The molecule has 4 aromatic carbocycles. The van der Waals surface area contributed by atoms with E-state index in [-0.39, 0.29) is 26.2 Å². The summed E-state index contributed by atoms with van der Waals surface area (Å²) in [4.78, 5) is 24.3. The van der Waals surface area contributed by atoms with E-state index in [1.165, 1.54) is 80.3 Å². The minimum absolute atomic E-state index is 0.0351. The highest BCUT2D eigenvalue weighted by molar-refractivity contribution is 7.91. The molecule has 1 amide bonds. The van der Waals surface area contributed by atoms with Gasteiger partial charge in [-0.05, 0) is 79.1 Å². The number of carbonyl (C=O) groups excluding carboxylic acids is 1. The van der Waals surface area contributed by atoms with Crippen molar-refractivity contribution in [2.24, 2.45) is 0 Å². The van der Waals surface area contributed by atoms with Gasteiger partial charge in [0.1, 0.15) is 23.1 Å². The normalized spacial score (nSPS) is 11.9. The van der Waals surface area contributed by atoms with Gasteiger partial charge in [-0.3, -0.25) is 14.9 Å². The molecule has 9 nitrogen and oxygen atoms in total. The quantitative estimate of drug-likeness (QED) is 0.0589. The third-order valence-corrected chi connectivity index (χ3v) is 9.92. The summed E-state index contributed by atoms with van der Waals surface area (Å²) in [6.07, 6.45) is 8.18. The molecule has 0 unspecified atom stereocenters. The molecule has 0 heterocycles. The molecule has 0 aromatic heterocycles. The number of unbranched alkanes of at least 4 members (excludes halogenated alkanes) is 7. The summed E-state index contributed by atoms with van der Waals surface area (Å²) in [6, 6.07) is 25.9. The number of nitrogens with one attached hydrogen (secondary N) is 1. The first-order valence-electron chi connectivity index (χ1n) is 16.2. The van der Waals surface area contributed by atoms with E-state index in [1.807, 2.05) is 30.3 Å². The minimum Gasteiger partial charge on any atom is -0.489 e. The van der Waals surface area contributed by atoms with Crippen molar-refractivity contribution in [3.8, 4) is 11.5 Å². The Hall–Kier alpha value is -4.41. The molecule has 1 N–H and O–H groups in total. The number of nitro groups is 1. The van der Waals surface area contributed by atoms with Crippen molar-refractivity contribution >= 4 is 38.7 Å². The van der Waals surface area contributed by atoms with Crippen LogP contribution < -0.4 is 14.8 Å². The van der Waals surface area contributed by atoms with Crippen LogP contribution >= 0.6 is 11.6 Å². The third kappa shape index (κ3) is 10.8. The monoisotopic (exact) mass is 692 g/mol. The van der Waals surface area contributed by atoms with Crippen molar-refractivity contribution < 1.29 is 27.6 Å². The lowest BCUT2D eigenvalue weighted by atomic mass is 10.1. The van der Waals surface area contributed by atoms with Gasteiger partial charge in [-0.25, -0.2) is 8.42 Å². The lowest BCUT2D eigenvalue weighted by Gasteiger charge is -2.19. The van der Waals surface area contributed by atoms with Gasteiger partial charge in [0, 0.05) is 11.8 Å². The van der Waals surface area contributed by atoms with Crippen LogP contribution in [0.5, 0.6) is 11.5 Å². The van der Waals surface area contributed by atoms with E-state index in [2.05, 4.69) is 12.2 Å². The zero-order valence-corrected chi connectivity index (χ0v) is 28.5. The number of anilines is 1. The molecule has 48 heavy (non-hydrogen) atoms. The number of sulfone groups is 1. The summed E-state index contributed by atoms with van der Waals surface area (Å²) in [5, 5.41) is 14.0. The van der Waals surface area contributed by atoms with Crippen LogP contribution in [0.1, 0.15) is 70.3 Å². The Labute approximate surface area is 287 Å². The molecule has 0 spiro atoms. The van der Waals surface area contributed by atoms with Crippen LogP contribution in [-0.4, -0.2) is 25.4 Å². The second-order valence-corrected chi connectivity index (χ2v) is 13.9. The smallest absolute Gasteiger partial charge is 0.289 e. The zero-order chi connectivity index (χ0) is 34.4. The lowest BCUT2D eigenvalue weighted by Crippen LogP contribution is -2.33. The van der Waals surface area contributed by atoms with Gasteiger partial charge < -0.3 is 14.8 Å². The summed E-state index contributed by atoms with van der Waals surface area (Å²) >= 11 is 5.93. The molecule has 4 rings (SSSR count). The summed E-state index contributed by atoms with van der Waals surface area (Å²) in [6.45, 7) is 2.55. The highest BCUT2D eigenvalue weighted by Gasteiger charge is 2.23. The average Bonchev–Trinajstić information content (AvgIpc) is 3.09. The van der Waals surface area contributed by atoms with E-state index in [4.69, 9.17) is 21.1 Å². The number of nitro benzene ring substituents is 1. The van der Waals surface area contributed by atoms with E-state index >= 15 is 0 Å². The van der Waals surface area contributed by atoms with Gasteiger partial charge in [-0.2, -0.15) is 0 Å². The molecule has 0 bridgehead atoms. The molecule has 0 aliphatic heterocycles. The van der Waals surface area contributed by atoms with E-state index in [0.717, 1.165) is 31.2 Å². The molecule has 0 saturated heterocycles. The number of amides is 1. The van der Waals surface area contributed by atoms with Crippen molar-refractivity contribution in [1.29, 1.82) is 0 Å². The maximum Gasteiger partial charge on any atom is 0.289 e. The molecule has 0 fully saturated rings. The number of carbonyl (C=O) groups is 1. The topological polar surface area (TPSA) is 125 Å². The molecule has 0 radical (unpaired) electrons. The van der Waals surface area contributed by atoms with Crippen LogP contribution in [0.4, 0.5) is 11.4 Å². The number of hydrogen-bond donors (Lipinski definition) is 1. The van der Waals surface area contributed by atoms with Gasteiger partial charge in [0.05, 0.1) is 14.7 Å². The van der Waals surface area contributed by atoms with Gasteiger partial charge in [0.25, 0.3) is 11.6 Å². The van der Waals surface area contributed by atoms with E-state index in [1.54, 1.807) is 12.1 Å². The molecular weight excluding hydrogens is 652 g/mol. The maximum absolute atomic E-state index is 13.4. The molecule has 1 atom stereocenters. The highest BCUT2D eigenvalue weighted by atomic mass is 35.5. The fourth-order valence-corrected chi connectivity index (χ4v) is 6.56. The number of nitrogens with zero attached hydrogens (tertiary/aromatic N) is 1. The van der Waals surface area contributed by atoms with E-state index in [0.29, 0.717) is 24.5 Å². The van der Waals surface area contributed by atoms with Gasteiger partial charge in [0.15, 0.2) is 6.10 Å². The molecule has 4 aromatic rings. The van der Waals surface area contributed by atoms with Gasteiger partial charge >= 0.3 is 0 Å². The van der Waals surface area contributed by atoms with Gasteiger partial charge in [-0.1, -0.05) is 93.8 Å². The molecule has 254 valence electrons. The van der Waals surface area contributed by atoms with Crippen molar-refractivity contribution in [3.05, 3.63) is 118 Å². The number of halogens is 1. The van der Waals surface area contributed by atoms with E-state index < -0.39 is 26.8 Å². The Bertz CT molecular complexity index is 1730. The van der Waals surface area contributed by atoms with Crippen LogP contribution in [0.2, 0.25) is 5.02 Å². The van der Waals surface area contributed by atoms with Crippen LogP contribution in [0, 0.1) is 10.1 Å². The number of hydrogen-bond acceptors (Lipinski definition) is 7. The predicted octanol–water partition coefficient (Wildman–Crippen LogP) is 9.58. The van der Waals surface area contributed by atoms with E-state index in [9.17, 15) is 23.3 Å². The standard InChI is InChI=1S/C37H41ClN2O7S/c1-2-3-4-5-6-7-8-12-15-36(37(41)39-29-16-25-34(38)35(26-29)40(42)43)47-31-19-23-33(24-20-31)48(44,45)32-21-17-30(18-22-32)46-27-28-13-10-9-11-14-28/h9-11,13-14,16-26,36H,2-8,12,15,27H2,1H3,(H,39,41)/t36-/m1/s1. The first-order chi connectivity index (χ1) is 23.2. The second-order valence-electron chi connectivity index (χ2n) is 11.5. The van der Waals surface area contributed by atoms with Crippen molar-refractivity contribution in [3.63, 3.8) is 0 Å². The molecule has 11 heteroatoms. The Morgan fingerprint density at radius 3 is 2.00 bits per heavy atom. The fraction of sp³-hybridized carbons (Fsp3) is 0.324. The maximum atomic E-state index is 13.4. The first kappa shape index (κ1) is 36.4. The third-order valence-electron chi connectivity index (χ3n) is 7.82. The van der Waals surface area contributed by atoms with Crippen LogP contribution in [0.3, 0.4) is 0 Å². The number of rotatable bonds is 19. The Morgan fingerprint density at radius 1 is 0.812 bits per heavy atom. The number of benzene rings is 4. The SMILES string of the molecule is CCCCCCCCCC[C@@H](Oc1ccc(S(=O)(=O)c2ccc(OCc3ccccc3)cc2)cc1)C(=O)Nc1ccc(Cl)c([N+](=O)[O-])c1. The Kier molecular flexibility index (Phi) is 13.8. The zero-order valence-electron chi connectivity index (χ0n) is 27.0. The van der Waals surface area contributed by atoms with Gasteiger partial charge in [-0.15, -0.1) is 0 Å². The summed E-state index contributed by atoms with van der Waals surface area (Å²) in [5.41, 5.74) is 0.905. The Balaban J connectivity index is 1.41. The first-order valence-corrected chi connectivity index (χ1v) is 18.1. The summed E-state index contributed by atoms with van der Waals surface area (Å²) in [7, 11) is -3.83. The second kappa shape index (κ2) is 18.2. The predicted molar refractivity (Wildman–Crippen MR) is 187 cm³/mol. The highest BCUT2D eigenvalue weighted by Crippen LogP contribution is 2.29. The molecule has 0 aliphatic rings. The largest absolute Gasteiger partial charge is 0.489 e. The summed E-state index contributed by atoms with van der Waals surface area (Å²) < 4.78 is 38.6. The molecule has 0 saturated carbocycles. The minimum atomic E-state index is -3.83. The van der Waals surface area contributed by atoms with Gasteiger partial charge in [0.2, 0.25) is 9.84 Å². The summed E-state index contributed by atoms with van der Waals surface area (Å²) in [5.74, 6) is 0.400. The average molecular weight is 693 g/mol.